The summed E-state index contributed by atoms with van der Waals surface area (Å²) in [6.07, 6.45) is 0. The molecule has 0 aromatic heterocycles. The Morgan fingerprint density at radius 1 is 1.54 bits per heavy atom. The molecule has 0 bridgehead atoms. The average molecular weight is 283 g/mol. The molecule has 0 saturated heterocycles. The number of rotatable bonds is 2. The van der Waals surface area contributed by atoms with Gasteiger partial charge in [0.25, 0.3) is 0 Å². The van der Waals surface area contributed by atoms with Gasteiger partial charge in [-0.15, -0.1) is 11.6 Å². The Morgan fingerprint density at radius 3 is 2.69 bits per heavy atom. The summed E-state index contributed by atoms with van der Waals surface area (Å²) in [6.45, 7) is 0. The Kier molecular flexibility index (Phi) is 3.59. The molecule has 1 aromatic carbocycles. The van der Waals surface area contributed by atoms with Crippen LogP contribution in [0.4, 0.5) is 5.69 Å². The van der Waals surface area contributed by atoms with Crippen molar-refractivity contribution >= 4 is 50.6 Å². The van der Waals surface area contributed by atoms with Crippen LogP contribution in [-0.2, 0) is 0 Å². The van der Waals surface area contributed by atoms with E-state index in [0.717, 1.165) is 0 Å². The molecule has 2 nitrogen and oxygen atoms in total. The van der Waals surface area contributed by atoms with E-state index in [2.05, 4.69) is 15.9 Å². The molecule has 2 N–H and O–H groups in total. The number of halogens is 3. The van der Waals surface area contributed by atoms with Gasteiger partial charge < -0.3 is 5.73 Å². The number of hydrogen-bond acceptors (Lipinski definition) is 2. The van der Waals surface area contributed by atoms with Gasteiger partial charge in [0.1, 0.15) is 0 Å². The smallest absolute Gasteiger partial charge is 0.181 e. The van der Waals surface area contributed by atoms with Gasteiger partial charge >= 0.3 is 0 Å². The Balaban J connectivity index is 3.33. The Labute approximate surface area is 94.1 Å². The van der Waals surface area contributed by atoms with Crippen molar-refractivity contribution in [1.82, 2.24) is 0 Å². The molecule has 5 heteroatoms. The highest BCUT2D eigenvalue weighted by atomic mass is 79.9. The molecule has 0 atom stereocenters. The molecule has 1 aromatic rings. The number of Topliss-reactive ketones (excluding diaryl/α,β-unsaturated/α-hetero) is 1. The molecule has 0 aliphatic carbocycles. The molecule has 70 valence electrons. The summed E-state index contributed by atoms with van der Waals surface area (Å²) in [6, 6.07) is 3.29. The summed E-state index contributed by atoms with van der Waals surface area (Å²) in [5.74, 6) is -0.397. The summed E-state index contributed by atoms with van der Waals surface area (Å²) >= 11 is 14.5. The minimum absolute atomic E-state index is 0.125. The van der Waals surface area contributed by atoms with Gasteiger partial charge in [-0.3, -0.25) is 4.79 Å². The van der Waals surface area contributed by atoms with E-state index < -0.39 is 0 Å². The van der Waals surface area contributed by atoms with E-state index in [0.29, 0.717) is 15.2 Å². The maximum atomic E-state index is 11.3. The molecule has 0 aliphatic rings. The Hall–Kier alpha value is -0.250. The first kappa shape index (κ1) is 10.8. The number of nitrogen functional groups attached to an aromatic ring is 1. The Morgan fingerprint density at radius 2 is 2.15 bits per heavy atom. The SMILES string of the molecule is Nc1ccc(Br)c(Cl)c1C(=O)CCl. The molecule has 0 spiro atoms. The number of alkyl halides is 1. The van der Waals surface area contributed by atoms with Crippen molar-refractivity contribution in [3.8, 4) is 0 Å². The van der Waals surface area contributed by atoms with Crippen LogP contribution in [0.2, 0.25) is 5.02 Å². The fourth-order valence-corrected chi connectivity index (χ4v) is 1.66. The number of ketones is 1. The zero-order valence-electron chi connectivity index (χ0n) is 6.48. The largest absolute Gasteiger partial charge is 0.398 e. The number of anilines is 1. The van der Waals surface area contributed by atoms with E-state index in [-0.39, 0.29) is 17.2 Å². The van der Waals surface area contributed by atoms with Crippen molar-refractivity contribution in [1.29, 1.82) is 0 Å². The quantitative estimate of drug-likeness (QED) is 0.515. The first-order chi connectivity index (χ1) is 6.07. The monoisotopic (exact) mass is 281 g/mol. The molecular formula is C8H6BrCl2NO. The summed E-state index contributed by atoms with van der Waals surface area (Å²) in [5.41, 5.74) is 6.21. The summed E-state index contributed by atoms with van der Waals surface area (Å²) in [7, 11) is 0. The zero-order valence-corrected chi connectivity index (χ0v) is 9.58. The number of benzene rings is 1. The van der Waals surface area contributed by atoms with Crippen LogP contribution in [0.3, 0.4) is 0 Å². The lowest BCUT2D eigenvalue weighted by Crippen LogP contribution is -2.06. The molecule has 0 radical (unpaired) electrons. The lowest BCUT2D eigenvalue weighted by molar-refractivity contribution is 0.102. The average Bonchev–Trinajstić information content (AvgIpc) is 2.12. The summed E-state index contributed by atoms with van der Waals surface area (Å²) in [5, 5.41) is 0.311. The van der Waals surface area contributed by atoms with Crippen molar-refractivity contribution in [3.05, 3.63) is 27.2 Å². The first-order valence-electron chi connectivity index (χ1n) is 3.40. The maximum Gasteiger partial charge on any atom is 0.181 e. The fraction of sp³-hybridized carbons (Fsp3) is 0.125. The normalized spacial score (nSPS) is 10.1. The molecule has 0 saturated carbocycles. The van der Waals surface area contributed by atoms with Gasteiger partial charge in [-0.2, -0.15) is 0 Å². The number of carbonyl (C=O) groups excluding carboxylic acids is 1. The molecule has 0 fully saturated rings. The van der Waals surface area contributed by atoms with Crippen LogP contribution >= 0.6 is 39.1 Å². The van der Waals surface area contributed by atoms with E-state index in [1.165, 1.54) is 0 Å². The van der Waals surface area contributed by atoms with Crippen LogP contribution in [0.25, 0.3) is 0 Å². The highest BCUT2D eigenvalue weighted by molar-refractivity contribution is 9.10. The van der Waals surface area contributed by atoms with E-state index in [4.69, 9.17) is 28.9 Å². The Bertz CT molecular complexity index is 354. The summed E-state index contributed by atoms with van der Waals surface area (Å²) < 4.78 is 0.636. The third kappa shape index (κ3) is 2.16. The van der Waals surface area contributed by atoms with Gasteiger partial charge in [0, 0.05) is 10.2 Å². The second kappa shape index (κ2) is 4.31. The van der Waals surface area contributed by atoms with Crippen LogP contribution in [0.5, 0.6) is 0 Å². The standard InChI is InChI=1S/C8H6BrCl2NO/c9-4-1-2-5(12)7(8(4)11)6(13)3-10/h1-2H,3,12H2. The highest BCUT2D eigenvalue weighted by Gasteiger charge is 2.14. The molecule has 0 amide bonds. The maximum absolute atomic E-state index is 11.3. The predicted octanol–water partition coefficient (Wildman–Crippen LogP) is 3.11. The van der Waals surface area contributed by atoms with E-state index in [9.17, 15) is 4.79 Å². The minimum Gasteiger partial charge on any atom is -0.398 e. The lowest BCUT2D eigenvalue weighted by atomic mass is 10.1. The van der Waals surface area contributed by atoms with Crippen molar-refractivity contribution < 1.29 is 4.79 Å². The van der Waals surface area contributed by atoms with E-state index >= 15 is 0 Å². The van der Waals surface area contributed by atoms with Gasteiger partial charge in [0.15, 0.2) is 5.78 Å². The first-order valence-corrected chi connectivity index (χ1v) is 5.11. The number of carbonyl (C=O) groups is 1. The van der Waals surface area contributed by atoms with Crippen molar-refractivity contribution in [2.24, 2.45) is 0 Å². The van der Waals surface area contributed by atoms with Crippen LogP contribution in [0, 0.1) is 0 Å². The summed E-state index contributed by atoms with van der Waals surface area (Å²) in [4.78, 5) is 11.3. The topological polar surface area (TPSA) is 43.1 Å². The molecule has 0 unspecified atom stereocenters. The molecular weight excluding hydrogens is 277 g/mol. The van der Waals surface area contributed by atoms with E-state index in [1.54, 1.807) is 12.1 Å². The minimum atomic E-state index is -0.273. The second-order valence-corrected chi connectivity index (χ2v) is 3.88. The van der Waals surface area contributed by atoms with E-state index in [1.807, 2.05) is 0 Å². The van der Waals surface area contributed by atoms with Gasteiger partial charge in [0.05, 0.1) is 16.5 Å². The third-order valence-corrected chi connectivity index (χ3v) is 3.05. The number of hydrogen-bond donors (Lipinski definition) is 1. The van der Waals surface area contributed by atoms with Crippen molar-refractivity contribution in [2.75, 3.05) is 11.6 Å². The lowest BCUT2D eigenvalue weighted by Gasteiger charge is -2.06. The highest BCUT2D eigenvalue weighted by Crippen LogP contribution is 2.30. The number of nitrogens with two attached hydrogens (primary N) is 1. The second-order valence-electron chi connectivity index (χ2n) is 2.38. The van der Waals surface area contributed by atoms with Crippen LogP contribution in [0.1, 0.15) is 10.4 Å². The predicted molar refractivity (Wildman–Crippen MR) is 58.6 cm³/mol. The van der Waals surface area contributed by atoms with Gasteiger partial charge in [-0.1, -0.05) is 11.6 Å². The van der Waals surface area contributed by atoms with Crippen LogP contribution in [-0.4, -0.2) is 11.7 Å². The fourth-order valence-electron chi connectivity index (χ4n) is 0.916. The molecule has 0 heterocycles. The zero-order chi connectivity index (χ0) is 10.0. The van der Waals surface area contributed by atoms with Gasteiger partial charge in [0.2, 0.25) is 0 Å². The van der Waals surface area contributed by atoms with Crippen molar-refractivity contribution in [3.63, 3.8) is 0 Å². The van der Waals surface area contributed by atoms with Crippen LogP contribution in [0.15, 0.2) is 16.6 Å². The molecule has 1 rings (SSSR count). The molecule has 0 aliphatic heterocycles. The third-order valence-electron chi connectivity index (χ3n) is 1.53. The van der Waals surface area contributed by atoms with Crippen LogP contribution < -0.4 is 5.73 Å². The van der Waals surface area contributed by atoms with Crippen molar-refractivity contribution in [2.45, 2.75) is 0 Å². The molecule has 13 heavy (non-hydrogen) atoms. The van der Waals surface area contributed by atoms with Gasteiger partial charge in [-0.25, -0.2) is 0 Å². The van der Waals surface area contributed by atoms with Gasteiger partial charge in [-0.05, 0) is 28.1 Å².